The van der Waals surface area contributed by atoms with Crippen LogP contribution < -0.4 is 10.6 Å². The second-order valence-electron chi connectivity index (χ2n) is 5.87. The van der Waals surface area contributed by atoms with Crippen molar-refractivity contribution in [3.8, 4) is 0 Å². The third kappa shape index (κ3) is 2.84. The van der Waals surface area contributed by atoms with Gasteiger partial charge in [-0.25, -0.2) is 9.97 Å². The second kappa shape index (κ2) is 5.72. The van der Waals surface area contributed by atoms with Crippen LogP contribution in [0, 0.1) is 5.92 Å². The summed E-state index contributed by atoms with van der Waals surface area (Å²) in [7, 11) is 0. The molecule has 0 saturated carbocycles. The lowest BCUT2D eigenvalue weighted by molar-refractivity contribution is 0.559. The van der Waals surface area contributed by atoms with Gasteiger partial charge in [-0.05, 0) is 30.4 Å². The van der Waals surface area contributed by atoms with Gasteiger partial charge in [-0.2, -0.15) is 0 Å². The number of hydrogen-bond acceptors (Lipinski definition) is 4. The zero-order valence-corrected chi connectivity index (χ0v) is 12.7. The molecule has 2 N–H and O–H groups in total. The highest BCUT2D eigenvalue weighted by Crippen LogP contribution is 2.34. The number of rotatable bonds is 3. The van der Waals surface area contributed by atoms with Gasteiger partial charge in [0.15, 0.2) is 0 Å². The van der Waals surface area contributed by atoms with Crippen LogP contribution in [0.25, 0.3) is 0 Å². The molecule has 4 heteroatoms. The number of aromatic nitrogens is 2. The first kappa shape index (κ1) is 13.9. The largest absolute Gasteiger partial charge is 0.384 e. The van der Waals surface area contributed by atoms with E-state index in [4.69, 9.17) is 10.7 Å². The van der Waals surface area contributed by atoms with E-state index in [0.29, 0.717) is 11.7 Å². The Bertz CT molecular complexity index is 638. The molecule has 0 spiro atoms. The zero-order chi connectivity index (χ0) is 14.8. The van der Waals surface area contributed by atoms with E-state index in [1.54, 1.807) is 0 Å². The molecule has 0 fully saturated rings. The minimum Gasteiger partial charge on any atom is -0.384 e. The minimum atomic E-state index is 0.555. The average Bonchev–Trinajstić information content (AvgIpc) is 2.46. The fourth-order valence-corrected chi connectivity index (χ4v) is 2.99. The molecule has 1 aromatic carbocycles. The fourth-order valence-electron chi connectivity index (χ4n) is 2.99. The number of fused-ring (bicyclic) bond motifs is 1. The number of nitrogen functional groups attached to an aromatic ring is 1. The van der Waals surface area contributed by atoms with Gasteiger partial charge >= 0.3 is 0 Å². The maximum absolute atomic E-state index is 5.97. The Kier molecular flexibility index (Phi) is 3.78. The quantitative estimate of drug-likeness (QED) is 0.938. The van der Waals surface area contributed by atoms with E-state index in [1.807, 2.05) is 6.07 Å². The third-order valence-electron chi connectivity index (χ3n) is 3.87. The Hall–Kier alpha value is -2.10. The molecule has 0 saturated heterocycles. The number of para-hydroxylation sites is 1. The van der Waals surface area contributed by atoms with E-state index in [2.05, 4.69) is 48.0 Å². The zero-order valence-electron chi connectivity index (χ0n) is 12.7. The van der Waals surface area contributed by atoms with Crippen LogP contribution in [0.2, 0.25) is 0 Å². The second-order valence-corrected chi connectivity index (χ2v) is 5.87. The van der Waals surface area contributed by atoms with Crippen molar-refractivity contribution in [3.63, 3.8) is 0 Å². The summed E-state index contributed by atoms with van der Waals surface area (Å²) in [6.45, 7) is 5.38. The van der Waals surface area contributed by atoms with Gasteiger partial charge in [0.1, 0.15) is 17.5 Å². The van der Waals surface area contributed by atoms with E-state index >= 15 is 0 Å². The Morgan fingerprint density at radius 3 is 2.90 bits per heavy atom. The molecule has 0 radical (unpaired) electrons. The van der Waals surface area contributed by atoms with Gasteiger partial charge in [0.25, 0.3) is 0 Å². The van der Waals surface area contributed by atoms with Crippen molar-refractivity contribution in [3.05, 3.63) is 41.7 Å². The van der Waals surface area contributed by atoms with Crippen molar-refractivity contribution in [2.45, 2.75) is 33.1 Å². The highest BCUT2D eigenvalue weighted by Gasteiger charge is 2.23. The van der Waals surface area contributed by atoms with Gasteiger partial charge in [-0.3, -0.25) is 0 Å². The number of anilines is 3. The maximum Gasteiger partial charge on any atom is 0.138 e. The number of nitrogens with two attached hydrogens (primary N) is 1. The molecule has 1 aliphatic rings. The standard InChI is InChI=1S/C17H22N4/c1-3-6-16-19-15(18)10-17(20-16)21-11-12(2)9-13-7-4-5-8-14(13)21/h4-5,7-8,10,12H,3,6,9,11H2,1-2H3,(H2,18,19,20). The topological polar surface area (TPSA) is 55.0 Å². The summed E-state index contributed by atoms with van der Waals surface area (Å²) >= 11 is 0. The Morgan fingerprint density at radius 2 is 2.10 bits per heavy atom. The van der Waals surface area contributed by atoms with Gasteiger partial charge in [-0.1, -0.05) is 32.0 Å². The summed E-state index contributed by atoms with van der Waals surface area (Å²) in [6.07, 6.45) is 3.01. The summed E-state index contributed by atoms with van der Waals surface area (Å²) in [6, 6.07) is 10.4. The van der Waals surface area contributed by atoms with Gasteiger partial charge in [0.2, 0.25) is 0 Å². The van der Waals surface area contributed by atoms with Gasteiger partial charge in [-0.15, -0.1) is 0 Å². The summed E-state index contributed by atoms with van der Waals surface area (Å²) in [5.41, 5.74) is 8.60. The number of nitrogens with zero attached hydrogens (tertiary/aromatic N) is 3. The van der Waals surface area contributed by atoms with Crippen LogP contribution in [0.5, 0.6) is 0 Å². The van der Waals surface area contributed by atoms with Crippen molar-refractivity contribution >= 4 is 17.3 Å². The van der Waals surface area contributed by atoms with Crippen molar-refractivity contribution in [2.24, 2.45) is 5.92 Å². The molecule has 1 aliphatic heterocycles. The van der Waals surface area contributed by atoms with E-state index < -0.39 is 0 Å². The summed E-state index contributed by atoms with van der Waals surface area (Å²) < 4.78 is 0. The molecule has 0 amide bonds. The molecule has 21 heavy (non-hydrogen) atoms. The molecule has 110 valence electrons. The minimum absolute atomic E-state index is 0.555. The van der Waals surface area contributed by atoms with Crippen LogP contribution in [-0.4, -0.2) is 16.5 Å². The molecule has 4 nitrogen and oxygen atoms in total. The van der Waals surface area contributed by atoms with Crippen molar-refractivity contribution < 1.29 is 0 Å². The predicted molar refractivity (Wildman–Crippen MR) is 86.8 cm³/mol. The first-order valence-electron chi connectivity index (χ1n) is 7.66. The van der Waals surface area contributed by atoms with E-state index in [-0.39, 0.29) is 0 Å². The number of aryl methyl sites for hydroxylation is 1. The number of hydrogen-bond donors (Lipinski definition) is 1. The Labute approximate surface area is 126 Å². The lowest BCUT2D eigenvalue weighted by Gasteiger charge is -2.34. The monoisotopic (exact) mass is 282 g/mol. The van der Waals surface area contributed by atoms with Crippen LogP contribution in [0.15, 0.2) is 30.3 Å². The maximum atomic E-state index is 5.97. The van der Waals surface area contributed by atoms with Crippen LogP contribution in [0.4, 0.5) is 17.3 Å². The normalized spacial score (nSPS) is 17.6. The Morgan fingerprint density at radius 1 is 1.29 bits per heavy atom. The molecular weight excluding hydrogens is 260 g/mol. The average molecular weight is 282 g/mol. The lowest BCUT2D eigenvalue weighted by Crippen LogP contribution is -2.31. The van der Waals surface area contributed by atoms with Crippen molar-refractivity contribution in [1.82, 2.24) is 9.97 Å². The van der Waals surface area contributed by atoms with Crippen LogP contribution in [0.3, 0.4) is 0 Å². The van der Waals surface area contributed by atoms with Crippen LogP contribution in [0.1, 0.15) is 31.7 Å². The molecule has 2 heterocycles. The molecule has 0 bridgehead atoms. The molecule has 2 aromatic rings. The van der Waals surface area contributed by atoms with Crippen molar-refractivity contribution in [1.29, 1.82) is 0 Å². The molecule has 0 aliphatic carbocycles. The SMILES string of the molecule is CCCc1nc(N)cc(N2CC(C)Cc3ccccc32)n1. The molecule has 1 aromatic heterocycles. The lowest BCUT2D eigenvalue weighted by atomic mass is 9.94. The fraction of sp³-hybridized carbons (Fsp3) is 0.412. The van der Waals surface area contributed by atoms with E-state index in [9.17, 15) is 0 Å². The van der Waals surface area contributed by atoms with Gasteiger partial charge in [0.05, 0.1) is 0 Å². The van der Waals surface area contributed by atoms with Crippen molar-refractivity contribution in [2.75, 3.05) is 17.2 Å². The summed E-state index contributed by atoms with van der Waals surface area (Å²) in [5, 5.41) is 0. The molecule has 1 atom stereocenters. The van der Waals surface area contributed by atoms with Gasteiger partial charge < -0.3 is 10.6 Å². The highest BCUT2D eigenvalue weighted by molar-refractivity contribution is 5.66. The van der Waals surface area contributed by atoms with E-state index in [0.717, 1.165) is 37.4 Å². The summed E-state index contributed by atoms with van der Waals surface area (Å²) in [4.78, 5) is 11.3. The Balaban J connectivity index is 2.04. The summed E-state index contributed by atoms with van der Waals surface area (Å²) in [5.74, 6) is 2.91. The predicted octanol–water partition coefficient (Wildman–Crippen LogP) is 3.34. The first-order chi connectivity index (χ1) is 10.2. The molecule has 1 unspecified atom stereocenters. The van der Waals surface area contributed by atoms with Gasteiger partial charge in [0, 0.05) is 24.7 Å². The van der Waals surface area contributed by atoms with E-state index in [1.165, 1.54) is 11.3 Å². The molecule has 3 rings (SSSR count). The highest BCUT2D eigenvalue weighted by atomic mass is 15.2. The third-order valence-corrected chi connectivity index (χ3v) is 3.87. The van der Waals surface area contributed by atoms with Crippen LogP contribution >= 0.6 is 0 Å². The smallest absolute Gasteiger partial charge is 0.138 e. The number of benzene rings is 1. The first-order valence-corrected chi connectivity index (χ1v) is 7.66. The molecular formula is C17H22N4. The van der Waals surface area contributed by atoms with Crippen LogP contribution in [-0.2, 0) is 12.8 Å².